The second-order valence-corrected chi connectivity index (χ2v) is 4.25. The second-order valence-electron chi connectivity index (χ2n) is 4.25. The van der Waals surface area contributed by atoms with Gasteiger partial charge >= 0.3 is 6.03 Å². The molecule has 92 valence electrons. The number of hydrogen-bond donors (Lipinski definition) is 0. The lowest BCUT2D eigenvalue weighted by Crippen LogP contribution is -2.55. The molecule has 1 amide bonds. The summed E-state index contributed by atoms with van der Waals surface area (Å²) >= 11 is 0. The molecule has 17 heavy (non-hydrogen) atoms. The van der Waals surface area contributed by atoms with E-state index in [0.29, 0.717) is 26.3 Å². The van der Waals surface area contributed by atoms with Gasteiger partial charge in [0.1, 0.15) is 13.1 Å². The van der Waals surface area contributed by atoms with Crippen LogP contribution in [-0.2, 0) is 11.2 Å². The largest absolute Gasteiger partial charge is 0.498 e. The predicted octanol–water partition coefficient (Wildman–Crippen LogP) is 1.23. The molecular weight excluding hydrogens is 216 g/mol. The molecule has 1 aliphatic rings. The molecular formula is C13H19N2O2+. The van der Waals surface area contributed by atoms with Gasteiger partial charge in [-0.05, 0) is 24.1 Å². The topological polar surface area (TPSA) is 33.4 Å². The summed E-state index contributed by atoms with van der Waals surface area (Å²) in [7, 11) is 0. The Balaban J connectivity index is 2.03. The second kappa shape index (κ2) is 5.77. The summed E-state index contributed by atoms with van der Waals surface area (Å²) in [4.78, 5) is 13.9. The van der Waals surface area contributed by atoms with Crippen LogP contribution in [0.3, 0.4) is 0 Å². The van der Waals surface area contributed by atoms with Gasteiger partial charge in [0.05, 0.1) is 25.6 Å². The Kier molecular flexibility index (Phi) is 4.09. The van der Waals surface area contributed by atoms with Crippen molar-refractivity contribution in [2.45, 2.75) is 19.8 Å². The Morgan fingerprint density at radius 1 is 1.35 bits per heavy atom. The molecule has 4 heteroatoms. The fourth-order valence-corrected chi connectivity index (χ4v) is 1.96. The van der Waals surface area contributed by atoms with Gasteiger partial charge in [-0.3, -0.25) is 0 Å². The Morgan fingerprint density at radius 2 is 2.00 bits per heavy atom. The van der Waals surface area contributed by atoms with Crippen LogP contribution in [0.2, 0.25) is 0 Å². The van der Waals surface area contributed by atoms with E-state index in [-0.39, 0.29) is 6.03 Å². The van der Waals surface area contributed by atoms with Gasteiger partial charge in [-0.2, -0.15) is 9.36 Å². The van der Waals surface area contributed by atoms with E-state index < -0.39 is 0 Å². The van der Waals surface area contributed by atoms with Crippen LogP contribution in [-0.4, -0.2) is 37.2 Å². The van der Waals surface area contributed by atoms with Gasteiger partial charge in [0.2, 0.25) is 0 Å². The summed E-state index contributed by atoms with van der Waals surface area (Å²) in [6.07, 6.45) is 5.89. The highest BCUT2D eigenvalue weighted by molar-refractivity contribution is 5.64. The number of rotatable bonds is 2. The molecule has 1 aromatic rings. The number of hydrogen-bond acceptors (Lipinski definition) is 2. The van der Waals surface area contributed by atoms with Crippen molar-refractivity contribution < 1.29 is 14.1 Å². The summed E-state index contributed by atoms with van der Waals surface area (Å²) in [6.45, 7) is 4.80. The van der Waals surface area contributed by atoms with Crippen molar-refractivity contribution in [2.24, 2.45) is 0 Å². The highest BCUT2D eigenvalue weighted by Crippen LogP contribution is 2.01. The molecule has 1 fully saturated rings. The third kappa shape index (κ3) is 3.03. The average Bonchev–Trinajstić information content (AvgIpc) is 2.40. The summed E-state index contributed by atoms with van der Waals surface area (Å²) in [5.74, 6) is 0. The Hall–Kier alpha value is -1.42. The van der Waals surface area contributed by atoms with Gasteiger partial charge in [0.15, 0.2) is 0 Å². The van der Waals surface area contributed by atoms with Crippen molar-refractivity contribution in [3.63, 3.8) is 0 Å². The molecule has 0 aliphatic carbocycles. The van der Waals surface area contributed by atoms with Gasteiger partial charge in [-0.25, -0.2) is 4.90 Å². The molecule has 4 nitrogen and oxygen atoms in total. The molecule has 0 aromatic carbocycles. The molecule has 1 saturated heterocycles. The highest BCUT2D eigenvalue weighted by Gasteiger charge is 2.26. The molecule has 0 bridgehead atoms. The first-order valence-electron chi connectivity index (χ1n) is 6.18. The number of morpholine rings is 1. The lowest BCUT2D eigenvalue weighted by Gasteiger charge is -2.19. The number of ether oxygens (including phenoxy) is 1. The van der Waals surface area contributed by atoms with E-state index >= 15 is 0 Å². The monoisotopic (exact) mass is 235 g/mol. The number of aryl methyl sites for hydroxylation is 1. The first kappa shape index (κ1) is 12.0. The molecule has 0 spiro atoms. The van der Waals surface area contributed by atoms with Crippen LogP contribution >= 0.6 is 0 Å². The van der Waals surface area contributed by atoms with Crippen LogP contribution < -0.4 is 4.57 Å². The minimum atomic E-state index is 0.0383. The molecule has 0 saturated carbocycles. The molecule has 2 heterocycles. The number of nitrogens with zero attached hydrogens (tertiary/aromatic N) is 2. The van der Waals surface area contributed by atoms with E-state index in [9.17, 15) is 4.79 Å². The van der Waals surface area contributed by atoms with Crippen molar-refractivity contribution in [2.75, 3.05) is 26.3 Å². The number of amides is 1. The fourth-order valence-electron chi connectivity index (χ4n) is 1.96. The fraction of sp³-hybridized carbons (Fsp3) is 0.538. The standard InChI is InChI=1S/C13H19N2O2/c1-2-3-12-4-6-14(7-5-12)13(16)15-8-10-17-11-9-15/h4-7H,2-3,8-11H2,1H3/q+1. The quantitative estimate of drug-likeness (QED) is 0.722. The maximum absolute atomic E-state index is 12.1. The lowest BCUT2D eigenvalue weighted by atomic mass is 10.2. The first-order chi connectivity index (χ1) is 8.31. The minimum absolute atomic E-state index is 0.0383. The predicted molar refractivity (Wildman–Crippen MR) is 63.8 cm³/mol. The van der Waals surface area contributed by atoms with Crippen LogP contribution in [0.1, 0.15) is 18.9 Å². The van der Waals surface area contributed by atoms with Gasteiger partial charge in [0.25, 0.3) is 0 Å². The van der Waals surface area contributed by atoms with Crippen molar-refractivity contribution >= 4 is 6.03 Å². The Bertz CT molecular complexity index is 370. The smallest absolute Gasteiger partial charge is 0.373 e. The van der Waals surface area contributed by atoms with Gasteiger partial charge in [0, 0.05) is 0 Å². The van der Waals surface area contributed by atoms with E-state index in [0.717, 1.165) is 12.8 Å². The van der Waals surface area contributed by atoms with Crippen LogP contribution in [0, 0.1) is 0 Å². The Labute approximate surface area is 102 Å². The molecule has 0 N–H and O–H groups in total. The van der Waals surface area contributed by atoms with Crippen molar-refractivity contribution in [3.05, 3.63) is 30.1 Å². The third-order valence-electron chi connectivity index (χ3n) is 2.94. The zero-order valence-corrected chi connectivity index (χ0v) is 10.3. The SMILES string of the molecule is CCCc1cc[n+](C(=O)N2CCOCC2)cc1. The van der Waals surface area contributed by atoms with E-state index in [2.05, 4.69) is 6.92 Å². The summed E-state index contributed by atoms with van der Waals surface area (Å²) in [5, 5.41) is 0. The lowest BCUT2D eigenvalue weighted by molar-refractivity contribution is -0.578. The zero-order valence-electron chi connectivity index (χ0n) is 10.3. The molecule has 1 aromatic heterocycles. The summed E-state index contributed by atoms with van der Waals surface area (Å²) < 4.78 is 6.88. The number of aromatic nitrogens is 1. The van der Waals surface area contributed by atoms with E-state index in [1.807, 2.05) is 29.4 Å². The third-order valence-corrected chi connectivity index (χ3v) is 2.94. The molecule has 0 radical (unpaired) electrons. The minimum Gasteiger partial charge on any atom is -0.373 e. The van der Waals surface area contributed by atoms with Gasteiger partial charge < -0.3 is 4.74 Å². The van der Waals surface area contributed by atoms with Crippen LogP contribution in [0.5, 0.6) is 0 Å². The number of carbonyl (C=O) groups is 1. The molecule has 0 unspecified atom stereocenters. The van der Waals surface area contributed by atoms with Crippen molar-refractivity contribution in [3.8, 4) is 0 Å². The molecule has 0 atom stereocenters. The average molecular weight is 235 g/mol. The first-order valence-corrected chi connectivity index (χ1v) is 6.18. The van der Waals surface area contributed by atoms with Crippen LogP contribution in [0.25, 0.3) is 0 Å². The number of carbonyl (C=O) groups excluding carboxylic acids is 1. The van der Waals surface area contributed by atoms with E-state index in [1.165, 1.54) is 5.56 Å². The Morgan fingerprint density at radius 3 is 2.59 bits per heavy atom. The van der Waals surface area contributed by atoms with Crippen LogP contribution in [0.4, 0.5) is 4.79 Å². The maximum Gasteiger partial charge on any atom is 0.498 e. The summed E-state index contributed by atoms with van der Waals surface area (Å²) in [5.41, 5.74) is 1.28. The van der Waals surface area contributed by atoms with Crippen LogP contribution in [0.15, 0.2) is 24.5 Å². The van der Waals surface area contributed by atoms with Crippen molar-refractivity contribution in [1.82, 2.24) is 4.90 Å². The van der Waals surface area contributed by atoms with Crippen molar-refractivity contribution in [1.29, 1.82) is 0 Å². The normalized spacial score (nSPS) is 15.9. The maximum atomic E-state index is 12.1. The zero-order chi connectivity index (χ0) is 12.1. The van der Waals surface area contributed by atoms with Gasteiger partial charge in [-0.15, -0.1) is 0 Å². The van der Waals surface area contributed by atoms with E-state index in [1.54, 1.807) is 4.57 Å². The van der Waals surface area contributed by atoms with Gasteiger partial charge in [-0.1, -0.05) is 13.3 Å². The molecule has 1 aliphatic heterocycles. The molecule has 2 rings (SSSR count). The summed E-state index contributed by atoms with van der Waals surface area (Å²) in [6, 6.07) is 4.07. The van der Waals surface area contributed by atoms with E-state index in [4.69, 9.17) is 4.74 Å². The number of pyridine rings is 1. The highest BCUT2D eigenvalue weighted by atomic mass is 16.5.